The molecule has 0 bridgehead atoms. The van der Waals surface area contributed by atoms with E-state index in [1.54, 1.807) is 11.2 Å². The monoisotopic (exact) mass is 422 g/mol. The van der Waals surface area contributed by atoms with Gasteiger partial charge in [-0.05, 0) is 24.6 Å². The van der Waals surface area contributed by atoms with E-state index in [0.717, 1.165) is 10.7 Å². The van der Waals surface area contributed by atoms with Gasteiger partial charge >= 0.3 is 0 Å². The number of thioether (sulfide) groups is 1. The third kappa shape index (κ3) is 4.28. The summed E-state index contributed by atoms with van der Waals surface area (Å²) in [5, 5.41) is 9.42. The first-order valence-corrected chi connectivity index (χ1v) is 10.3. The highest BCUT2D eigenvalue weighted by atomic mass is 32.2. The zero-order valence-electron chi connectivity index (χ0n) is 16.9. The number of nitrogen functional groups attached to an aromatic ring is 1. The average molecular weight is 423 g/mol. The highest BCUT2D eigenvalue weighted by Gasteiger charge is 2.21. The molecule has 0 radical (unpaired) electrons. The van der Waals surface area contributed by atoms with E-state index in [0.29, 0.717) is 29.9 Å². The Labute approximate surface area is 178 Å². The van der Waals surface area contributed by atoms with E-state index in [1.165, 1.54) is 11.8 Å². The molecule has 4 rings (SSSR count). The summed E-state index contributed by atoms with van der Waals surface area (Å²) in [6.45, 7) is 2.62. The molecule has 1 unspecified atom stereocenters. The van der Waals surface area contributed by atoms with Crippen LogP contribution in [0.1, 0.15) is 23.6 Å². The number of nitrogens with two attached hydrogens (primary N) is 1. The van der Waals surface area contributed by atoms with E-state index in [4.69, 9.17) is 10.2 Å². The Morgan fingerprint density at radius 1 is 1.07 bits per heavy atom. The van der Waals surface area contributed by atoms with Gasteiger partial charge in [-0.25, -0.2) is 0 Å². The third-order valence-corrected chi connectivity index (χ3v) is 5.42. The molecule has 0 fully saturated rings. The lowest BCUT2D eigenvalue weighted by molar-refractivity contribution is 0.569. The van der Waals surface area contributed by atoms with E-state index < -0.39 is 0 Å². The van der Waals surface area contributed by atoms with Crippen LogP contribution < -0.4 is 10.6 Å². The van der Waals surface area contributed by atoms with Gasteiger partial charge in [0.2, 0.25) is 17.7 Å². The quantitative estimate of drug-likeness (QED) is 0.448. The maximum atomic E-state index is 5.89. The molecule has 1 aromatic carbocycles. The van der Waals surface area contributed by atoms with Gasteiger partial charge in [0.1, 0.15) is 5.82 Å². The van der Waals surface area contributed by atoms with E-state index in [9.17, 15) is 0 Å². The normalized spacial score (nSPS) is 12.1. The predicted molar refractivity (Wildman–Crippen MR) is 116 cm³/mol. The molecule has 154 valence electrons. The largest absolute Gasteiger partial charge is 0.461 e. The van der Waals surface area contributed by atoms with Gasteiger partial charge in [0.15, 0.2) is 10.9 Å². The van der Waals surface area contributed by atoms with Crippen LogP contribution in [0.25, 0.3) is 11.6 Å². The Bertz CT molecular complexity index is 1110. The maximum absolute atomic E-state index is 5.89. The zero-order chi connectivity index (χ0) is 21.1. The number of rotatable bonds is 7. The summed E-state index contributed by atoms with van der Waals surface area (Å²) in [6, 6.07) is 13.9. The standard InChI is InChI=1S/C20H22N8OS/c1-13(16-22-18(21)24-19(23-16)27(2)3)30-20-26-25-17(15-10-7-11-29-15)28(20)12-14-8-5-4-6-9-14/h4-11,13H,12H2,1-3H3,(H2,21,22,23,24). The van der Waals surface area contributed by atoms with Crippen molar-refractivity contribution in [1.29, 1.82) is 0 Å². The summed E-state index contributed by atoms with van der Waals surface area (Å²) in [7, 11) is 3.73. The van der Waals surface area contributed by atoms with Crippen molar-refractivity contribution < 1.29 is 4.42 Å². The Kier molecular flexibility index (Phi) is 5.66. The summed E-state index contributed by atoms with van der Waals surface area (Å²) in [5.41, 5.74) is 7.02. The van der Waals surface area contributed by atoms with Crippen LogP contribution in [0.15, 0.2) is 58.3 Å². The SMILES string of the molecule is CC(Sc1nnc(-c2ccco2)n1Cc1ccccc1)c1nc(N)nc(N(C)C)n1. The first-order chi connectivity index (χ1) is 14.5. The number of furan rings is 1. The summed E-state index contributed by atoms with van der Waals surface area (Å²) in [5.74, 6) is 2.63. The minimum Gasteiger partial charge on any atom is -0.461 e. The van der Waals surface area contributed by atoms with E-state index in [-0.39, 0.29) is 11.2 Å². The highest BCUT2D eigenvalue weighted by Crippen LogP contribution is 2.35. The lowest BCUT2D eigenvalue weighted by Crippen LogP contribution is -2.16. The summed E-state index contributed by atoms with van der Waals surface area (Å²) < 4.78 is 7.61. The smallest absolute Gasteiger partial charge is 0.229 e. The van der Waals surface area contributed by atoms with Gasteiger partial charge in [0.25, 0.3) is 0 Å². The van der Waals surface area contributed by atoms with Crippen LogP contribution >= 0.6 is 11.8 Å². The van der Waals surface area contributed by atoms with Crippen LogP contribution in [-0.4, -0.2) is 43.8 Å². The zero-order valence-corrected chi connectivity index (χ0v) is 17.7. The number of benzene rings is 1. The molecule has 0 aliphatic rings. The topological polar surface area (TPSA) is 112 Å². The van der Waals surface area contributed by atoms with Crippen molar-refractivity contribution >= 4 is 23.7 Å². The molecule has 30 heavy (non-hydrogen) atoms. The molecule has 2 N–H and O–H groups in total. The molecule has 0 saturated carbocycles. The number of anilines is 2. The number of hydrogen-bond acceptors (Lipinski definition) is 9. The molecular formula is C20H22N8OS. The van der Waals surface area contributed by atoms with Crippen molar-refractivity contribution in [3.05, 3.63) is 60.1 Å². The Morgan fingerprint density at radius 3 is 2.57 bits per heavy atom. The van der Waals surface area contributed by atoms with Gasteiger partial charge in [-0.1, -0.05) is 42.1 Å². The molecule has 0 aliphatic heterocycles. The van der Waals surface area contributed by atoms with Crippen molar-refractivity contribution in [1.82, 2.24) is 29.7 Å². The van der Waals surface area contributed by atoms with Crippen molar-refractivity contribution in [2.45, 2.75) is 23.9 Å². The van der Waals surface area contributed by atoms with Gasteiger partial charge in [-0.3, -0.25) is 4.57 Å². The van der Waals surface area contributed by atoms with Crippen molar-refractivity contribution in [3.8, 4) is 11.6 Å². The molecular weight excluding hydrogens is 400 g/mol. The first-order valence-electron chi connectivity index (χ1n) is 9.37. The fraction of sp³-hybridized carbons (Fsp3) is 0.250. The van der Waals surface area contributed by atoms with Gasteiger partial charge in [0, 0.05) is 14.1 Å². The molecule has 0 aliphatic carbocycles. The number of hydrogen-bond donors (Lipinski definition) is 1. The van der Waals surface area contributed by atoms with E-state index in [1.807, 2.05) is 55.9 Å². The number of aromatic nitrogens is 6. The molecule has 3 heterocycles. The molecule has 9 nitrogen and oxygen atoms in total. The Hall–Kier alpha value is -3.40. The second-order valence-corrected chi connectivity index (χ2v) is 8.17. The molecule has 3 aromatic heterocycles. The van der Waals surface area contributed by atoms with Gasteiger partial charge < -0.3 is 15.1 Å². The van der Waals surface area contributed by atoms with Crippen molar-refractivity contribution in [2.75, 3.05) is 24.7 Å². The first kappa shape index (κ1) is 19.9. The summed E-state index contributed by atoms with van der Waals surface area (Å²) >= 11 is 1.51. The molecule has 4 aromatic rings. The van der Waals surface area contributed by atoms with Crippen molar-refractivity contribution in [2.24, 2.45) is 0 Å². The minimum atomic E-state index is -0.114. The lowest BCUT2D eigenvalue weighted by atomic mass is 10.2. The average Bonchev–Trinajstić information content (AvgIpc) is 3.39. The van der Waals surface area contributed by atoms with E-state index in [2.05, 4.69) is 37.3 Å². The second-order valence-electron chi connectivity index (χ2n) is 6.86. The highest BCUT2D eigenvalue weighted by molar-refractivity contribution is 7.99. The van der Waals surface area contributed by atoms with Crippen molar-refractivity contribution in [3.63, 3.8) is 0 Å². The fourth-order valence-corrected chi connectivity index (χ4v) is 3.76. The Morgan fingerprint density at radius 2 is 1.87 bits per heavy atom. The number of nitrogens with zero attached hydrogens (tertiary/aromatic N) is 7. The van der Waals surface area contributed by atoms with Crippen LogP contribution in [0.5, 0.6) is 0 Å². The van der Waals surface area contributed by atoms with Crippen LogP contribution in [0.4, 0.5) is 11.9 Å². The third-order valence-electron chi connectivity index (χ3n) is 4.35. The van der Waals surface area contributed by atoms with Crippen LogP contribution in [-0.2, 0) is 6.54 Å². The minimum absolute atomic E-state index is 0.114. The molecule has 0 saturated heterocycles. The van der Waals surface area contributed by atoms with Crippen LogP contribution in [0.3, 0.4) is 0 Å². The molecule has 1 atom stereocenters. The predicted octanol–water partition coefficient (Wildman–Crippen LogP) is 3.27. The van der Waals surface area contributed by atoms with Gasteiger partial charge in [-0.2, -0.15) is 15.0 Å². The lowest BCUT2D eigenvalue weighted by Gasteiger charge is -2.15. The van der Waals surface area contributed by atoms with Gasteiger partial charge in [0.05, 0.1) is 18.1 Å². The maximum Gasteiger partial charge on any atom is 0.229 e. The Balaban J connectivity index is 1.67. The second kappa shape index (κ2) is 8.54. The van der Waals surface area contributed by atoms with E-state index >= 15 is 0 Å². The summed E-state index contributed by atoms with van der Waals surface area (Å²) in [6.07, 6.45) is 1.63. The fourth-order valence-electron chi connectivity index (χ4n) is 2.86. The summed E-state index contributed by atoms with van der Waals surface area (Å²) in [4.78, 5) is 14.8. The van der Waals surface area contributed by atoms with Gasteiger partial charge in [-0.15, -0.1) is 10.2 Å². The van der Waals surface area contributed by atoms with Crippen LogP contribution in [0, 0.1) is 0 Å². The molecule has 0 spiro atoms. The molecule has 10 heteroatoms. The van der Waals surface area contributed by atoms with Crippen LogP contribution in [0.2, 0.25) is 0 Å². The molecule has 0 amide bonds.